The van der Waals surface area contributed by atoms with Crippen LogP contribution in [-0.4, -0.2) is 146 Å². The number of carbonyl (C=O) groups excluding carboxylic acids is 7. The molecule has 0 aliphatic carbocycles. The highest BCUT2D eigenvalue weighted by molar-refractivity contribution is 5.95. The van der Waals surface area contributed by atoms with Crippen molar-refractivity contribution in [3.63, 3.8) is 0 Å². The molecule has 0 aliphatic heterocycles. The van der Waals surface area contributed by atoms with E-state index in [2.05, 4.69) is 16.0 Å². The lowest BCUT2D eigenvalue weighted by Crippen LogP contribution is -2.58. The van der Waals surface area contributed by atoms with Crippen molar-refractivity contribution >= 4 is 41.4 Å². The molecule has 6 N–H and O–H groups in total. The van der Waals surface area contributed by atoms with Gasteiger partial charge >= 0.3 is 0 Å². The second-order valence-electron chi connectivity index (χ2n) is 12.2. The molecule has 53 heavy (non-hydrogen) atoms. The molecule has 290 valence electrons. The summed E-state index contributed by atoms with van der Waals surface area (Å²) in [5.74, 6) is -4.72. The SMILES string of the molecule is COCCN(CC(=O)N(CC(=O)N(CCOC)CC(=O)NC(CO)C(=O)N[C@@H](Cc1ccccc1)C(=O)N[C@@H](C)C(N)=O)Cc1ccccc1)C(C)=O. The van der Waals surface area contributed by atoms with Gasteiger partial charge in [0, 0.05) is 47.2 Å². The lowest BCUT2D eigenvalue weighted by Gasteiger charge is -2.30. The molecule has 0 aliphatic rings. The van der Waals surface area contributed by atoms with Crippen LogP contribution in [-0.2, 0) is 56.0 Å². The van der Waals surface area contributed by atoms with Gasteiger partial charge in [0.05, 0.1) is 32.9 Å². The van der Waals surface area contributed by atoms with Gasteiger partial charge in [-0.2, -0.15) is 0 Å². The van der Waals surface area contributed by atoms with Gasteiger partial charge in [0.25, 0.3) is 0 Å². The summed E-state index contributed by atoms with van der Waals surface area (Å²) in [5.41, 5.74) is 6.68. The van der Waals surface area contributed by atoms with Gasteiger partial charge < -0.3 is 51.0 Å². The van der Waals surface area contributed by atoms with E-state index in [1.54, 1.807) is 60.7 Å². The molecule has 2 rings (SSSR count). The summed E-state index contributed by atoms with van der Waals surface area (Å²) in [6.07, 6.45) is 0.0179. The average molecular weight is 742 g/mol. The summed E-state index contributed by atoms with van der Waals surface area (Å²) in [4.78, 5) is 94.3. The van der Waals surface area contributed by atoms with Gasteiger partial charge in [0.1, 0.15) is 24.7 Å². The fourth-order valence-corrected chi connectivity index (χ4v) is 4.93. The molecule has 0 aromatic heterocycles. The first-order valence-electron chi connectivity index (χ1n) is 17.0. The predicted octanol–water partition coefficient (Wildman–Crippen LogP) is -1.82. The Morgan fingerprint density at radius 1 is 0.698 bits per heavy atom. The van der Waals surface area contributed by atoms with Crippen molar-refractivity contribution in [2.45, 2.75) is 44.9 Å². The summed E-state index contributed by atoms with van der Waals surface area (Å²) in [6, 6.07) is 13.9. The van der Waals surface area contributed by atoms with Crippen molar-refractivity contribution in [2.75, 3.05) is 66.8 Å². The van der Waals surface area contributed by atoms with Crippen LogP contribution in [0.15, 0.2) is 60.7 Å². The van der Waals surface area contributed by atoms with E-state index in [1.165, 1.54) is 37.9 Å². The first-order valence-corrected chi connectivity index (χ1v) is 17.0. The summed E-state index contributed by atoms with van der Waals surface area (Å²) >= 11 is 0. The number of aliphatic hydroxyl groups excluding tert-OH is 1. The Hall–Kier alpha value is -5.39. The molecule has 2 aromatic rings. The lowest BCUT2D eigenvalue weighted by molar-refractivity contribution is -0.145. The number of aliphatic hydroxyl groups is 1. The smallest absolute Gasteiger partial charge is 0.245 e. The Morgan fingerprint density at radius 2 is 1.21 bits per heavy atom. The summed E-state index contributed by atoms with van der Waals surface area (Å²) < 4.78 is 10.2. The third kappa shape index (κ3) is 15.8. The largest absolute Gasteiger partial charge is 0.394 e. The van der Waals surface area contributed by atoms with Gasteiger partial charge in [-0.3, -0.25) is 33.6 Å². The van der Waals surface area contributed by atoms with Crippen LogP contribution in [0, 0.1) is 0 Å². The van der Waals surface area contributed by atoms with Crippen LogP contribution in [0.25, 0.3) is 0 Å². The van der Waals surface area contributed by atoms with Crippen LogP contribution in [0.3, 0.4) is 0 Å². The fourth-order valence-electron chi connectivity index (χ4n) is 4.93. The first kappa shape index (κ1) is 43.8. The minimum absolute atomic E-state index is 0.0179. The maximum atomic E-state index is 13.7. The van der Waals surface area contributed by atoms with E-state index in [-0.39, 0.29) is 51.7 Å². The number of hydrogen-bond acceptors (Lipinski definition) is 10. The Kier molecular flexibility index (Phi) is 19.2. The number of amides is 7. The molecule has 0 saturated heterocycles. The van der Waals surface area contributed by atoms with Crippen LogP contribution in [0.4, 0.5) is 0 Å². The fraction of sp³-hybridized carbons (Fsp3) is 0.472. The van der Waals surface area contributed by atoms with E-state index in [4.69, 9.17) is 15.2 Å². The first-order chi connectivity index (χ1) is 25.3. The number of methoxy groups -OCH3 is 2. The second-order valence-corrected chi connectivity index (χ2v) is 12.2. The number of nitrogens with one attached hydrogen (secondary N) is 3. The van der Waals surface area contributed by atoms with Crippen LogP contribution < -0.4 is 21.7 Å². The molecular weight excluding hydrogens is 690 g/mol. The second kappa shape index (κ2) is 23.2. The number of primary amides is 1. The molecule has 0 fully saturated rings. The van der Waals surface area contributed by atoms with Crippen molar-refractivity contribution in [1.29, 1.82) is 0 Å². The third-order valence-corrected chi connectivity index (χ3v) is 8.02. The minimum atomic E-state index is -1.53. The monoisotopic (exact) mass is 741 g/mol. The van der Waals surface area contributed by atoms with Crippen molar-refractivity contribution < 1.29 is 48.1 Å². The van der Waals surface area contributed by atoms with Gasteiger partial charge in [0.2, 0.25) is 41.4 Å². The third-order valence-electron chi connectivity index (χ3n) is 8.02. The maximum Gasteiger partial charge on any atom is 0.245 e. The number of rotatable bonds is 23. The molecule has 0 heterocycles. The van der Waals surface area contributed by atoms with E-state index in [1.807, 2.05) is 0 Å². The van der Waals surface area contributed by atoms with Crippen molar-refractivity contribution in [3.8, 4) is 0 Å². The summed E-state index contributed by atoms with van der Waals surface area (Å²) in [5, 5.41) is 17.4. The number of ether oxygens (including phenoxy) is 2. The van der Waals surface area contributed by atoms with E-state index >= 15 is 0 Å². The maximum absolute atomic E-state index is 13.7. The Bertz CT molecular complexity index is 1510. The van der Waals surface area contributed by atoms with Crippen LogP contribution >= 0.6 is 0 Å². The van der Waals surface area contributed by atoms with Gasteiger partial charge in [-0.05, 0) is 18.1 Å². The molecule has 17 heteroatoms. The number of carbonyl (C=O) groups is 7. The number of nitrogens with zero attached hydrogens (tertiary/aromatic N) is 3. The van der Waals surface area contributed by atoms with E-state index in [9.17, 15) is 38.7 Å². The van der Waals surface area contributed by atoms with E-state index < -0.39 is 73.3 Å². The lowest BCUT2D eigenvalue weighted by atomic mass is 10.0. The quantitative estimate of drug-likeness (QED) is 0.0857. The summed E-state index contributed by atoms with van der Waals surface area (Å²) in [6.45, 7) is 0.892. The highest BCUT2D eigenvalue weighted by atomic mass is 16.5. The molecule has 0 bridgehead atoms. The zero-order chi connectivity index (χ0) is 39.3. The average Bonchev–Trinajstić information content (AvgIpc) is 3.13. The van der Waals surface area contributed by atoms with Crippen LogP contribution in [0.1, 0.15) is 25.0 Å². The minimum Gasteiger partial charge on any atom is -0.394 e. The van der Waals surface area contributed by atoms with Gasteiger partial charge in [-0.15, -0.1) is 0 Å². The molecule has 3 atom stereocenters. The van der Waals surface area contributed by atoms with Crippen molar-refractivity contribution in [3.05, 3.63) is 71.8 Å². The van der Waals surface area contributed by atoms with Gasteiger partial charge in [-0.25, -0.2) is 0 Å². The molecule has 2 aromatic carbocycles. The highest BCUT2D eigenvalue weighted by Gasteiger charge is 2.30. The zero-order valence-corrected chi connectivity index (χ0v) is 30.6. The van der Waals surface area contributed by atoms with Crippen LogP contribution in [0.5, 0.6) is 0 Å². The van der Waals surface area contributed by atoms with Gasteiger partial charge in [-0.1, -0.05) is 60.7 Å². The number of benzene rings is 2. The van der Waals surface area contributed by atoms with Crippen molar-refractivity contribution in [2.24, 2.45) is 5.73 Å². The predicted molar refractivity (Wildman–Crippen MR) is 192 cm³/mol. The van der Waals surface area contributed by atoms with E-state index in [0.29, 0.717) is 5.56 Å². The topological polar surface area (TPSA) is 230 Å². The zero-order valence-electron chi connectivity index (χ0n) is 30.6. The summed E-state index contributed by atoms with van der Waals surface area (Å²) in [7, 11) is 2.87. The molecule has 0 saturated carbocycles. The Labute approximate surface area is 309 Å². The number of nitrogens with two attached hydrogens (primary N) is 1. The molecule has 0 spiro atoms. The Balaban J connectivity index is 2.21. The molecular formula is C36H51N7O10. The molecule has 0 radical (unpaired) electrons. The van der Waals surface area contributed by atoms with Gasteiger partial charge in [0.15, 0.2) is 0 Å². The standard InChI is InChI=1S/C36H51N7O10/c1-25(34(37)49)38-35(50)29(19-27-11-7-5-8-12-27)40-36(51)30(24-44)39-31(46)21-42(16-18-53-4)32(47)23-43(20-28-13-9-6-10-14-28)33(48)22-41(26(2)45)15-17-52-3/h5-14,25,29-30,44H,15-24H2,1-4H3,(H2,37,49)(H,38,50)(H,39,46)(H,40,51)/t25-,29-,30?/m0/s1. The molecule has 17 nitrogen and oxygen atoms in total. The van der Waals surface area contributed by atoms with Crippen LogP contribution in [0.2, 0.25) is 0 Å². The molecule has 1 unspecified atom stereocenters. The van der Waals surface area contributed by atoms with E-state index in [0.717, 1.165) is 10.5 Å². The van der Waals surface area contributed by atoms with Crippen molar-refractivity contribution in [1.82, 2.24) is 30.7 Å². The highest BCUT2D eigenvalue weighted by Crippen LogP contribution is 2.09. The number of hydrogen-bond donors (Lipinski definition) is 5. The normalized spacial score (nSPS) is 12.4. The molecule has 7 amide bonds. The Morgan fingerprint density at radius 3 is 1.74 bits per heavy atom.